The highest BCUT2D eigenvalue weighted by Gasteiger charge is 2.33. The summed E-state index contributed by atoms with van der Waals surface area (Å²) in [6.45, 7) is 3.56. The van der Waals surface area contributed by atoms with Gasteiger partial charge in [-0.05, 0) is 26.7 Å². The summed E-state index contributed by atoms with van der Waals surface area (Å²) in [5.41, 5.74) is -0.945. The number of carbonyl (C=O) groups excluding carboxylic acids is 1. The van der Waals surface area contributed by atoms with Gasteiger partial charge in [0.05, 0.1) is 18.2 Å². The monoisotopic (exact) mass is 260 g/mol. The van der Waals surface area contributed by atoms with Gasteiger partial charge in [0, 0.05) is 6.54 Å². The minimum Gasteiger partial charge on any atom is -0.480 e. The molecular formula is C11H20N2O5. The van der Waals surface area contributed by atoms with E-state index in [2.05, 4.69) is 5.32 Å². The van der Waals surface area contributed by atoms with Crippen molar-refractivity contribution in [2.75, 3.05) is 13.1 Å². The number of likely N-dealkylation sites (tertiary alicyclic amines) is 1. The van der Waals surface area contributed by atoms with Crippen LogP contribution in [0.3, 0.4) is 0 Å². The molecule has 0 aromatic rings. The Kier molecular flexibility index (Phi) is 4.53. The zero-order valence-electron chi connectivity index (χ0n) is 10.6. The first-order valence-electron chi connectivity index (χ1n) is 5.91. The van der Waals surface area contributed by atoms with Crippen molar-refractivity contribution in [2.24, 2.45) is 0 Å². The molecule has 4 N–H and O–H groups in total. The first kappa shape index (κ1) is 14.7. The van der Waals surface area contributed by atoms with Crippen LogP contribution in [0.2, 0.25) is 0 Å². The Hall–Kier alpha value is -1.34. The Morgan fingerprint density at radius 3 is 2.50 bits per heavy atom. The van der Waals surface area contributed by atoms with E-state index in [1.807, 2.05) is 0 Å². The highest BCUT2D eigenvalue weighted by atomic mass is 16.4. The van der Waals surface area contributed by atoms with Crippen molar-refractivity contribution in [3.63, 3.8) is 0 Å². The van der Waals surface area contributed by atoms with Gasteiger partial charge >= 0.3 is 12.0 Å². The van der Waals surface area contributed by atoms with Gasteiger partial charge in [-0.25, -0.2) is 9.59 Å². The Bertz CT molecular complexity index is 329. The molecule has 1 aliphatic heterocycles. The number of aliphatic hydroxyl groups excluding tert-OH is 1. The normalized spacial score (nSPS) is 27.4. The van der Waals surface area contributed by atoms with Gasteiger partial charge in [-0.1, -0.05) is 0 Å². The summed E-state index contributed by atoms with van der Waals surface area (Å²) in [6.07, 6.45) is 0.0827. The van der Waals surface area contributed by atoms with Crippen LogP contribution in [0.1, 0.15) is 26.7 Å². The number of hydrogen-bond donors (Lipinski definition) is 4. The van der Waals surface area contributed by atoms with Gasteiger partial charge in [-0.3, -0.25) is 0 Å². The molecule has 0 radical (unpaired) electrons. The molecule has 0 saturated carbocycles. The molecule has 1 fully saturated rings. The molecule has 7 nitrogen and oxygen atoms in total. The van der Waals surface area contributed by atoms with Crippen LogP contribution >= 0.6 is 0 Å². The van der Waals surface area contributed by atoms with E-state index in [-0.39, 0.29) is 6.54 Å². The molecule has 1 heterocycles. The number of aliphatic carboxylic acids is 1. The molecule has 18 heavy (non-hydrogen) atoms. The Labute approximate surface area is 105 Å². The summed E-state index contributed by atoms with van der Waals surface area (Å²) < 4.78 is 0. The molecule has 2 amide bonds. The van der Waals surface area contributed by atoms with Crippen LogP contribution in [0.25, 0.3) is 0 Å². The zero-order chi connectivity index (χ0) is 13.9. The molecule has 1 unspecified atom stereocenters. The lowest BCUT2D eigenvalue weighted by Crippen LogP contribution is -2.56. The Morgan fingerprint density at radius 2 is 2.06 bits per heavy atom. The average molecular weight is 260 g/mol. The number of piperidine rings is 1. The first-order valence-corrected chi connectivity index (χ1v) is 5.91. The average Bonchev–Trinajstić information content (AvgIpc) is 2.23. The van der Waals surface area contributed by atoms with Gasteiger partial charge in [0.25, 0.3) is 0 Å². The SMILES string of the molecule is C[C@@H](O)[C@H](NC(=O)N1CCCC(C)(O)C1)C(=O)O. The minimum atomic E-state index is -1.34. The maximum atomic E-state index is 11.8. The van der Waals surface area contributed by atoms with E-state index >= 15 is 0 Å². The Balaban J connectivity index is 2.61. The number of carboxylic acids is 1. The lowest BCUT2D eigenvalue weighted by molar-refractivity contribution is -0.141. The minimum absolute atomic E-state index is 0.158. The van der Waals surface area contributed by atoms with E-state index in [1.165, 1.54) is 11.8 Å². The van der Waals surface area contributed by atoms with Crippen LogP contribution in [-0.4, -0.2) is 63.1 Å². The summed E-state index contributed by atoms with van der Waals surface area (Å²) in [7, 11) is 0. The third-order valence-electron chi connectivity index (χ3n) is 2.99. The molecule has 3 atom stereocenters. The highest BCUT2D eigenvalue weighted by Crippen LogP contribution is 2.20. The van der Waals surface area contributed by atoms with Gasteiger partial charge in [-0.2, -0.15) is 0 Å². The number of carboxylic acid groups (broad SMARTS) is 1. The van der Waals surface area contributed by atoms with Crippen molar-refractivity contribution in [1.29, 1.82) is 0 Å². The number of nitrogens with one attached hydrogen (secondary N) is 1. The van der Waals surface area contributed by atoms with E-state index in [0.29, 0.717) is 19.4 Å². The summed E-state index contributed by atoms with van der Waals surface area (Å²) in [5.74, 6) is -1.29. The summed E-state index contributed by atoms with van der Waals surface area (Å²) in [6, 6.07) is -1.92. The second-order valence-electron chi connectivity index (χ2n) is 5.03. The molecule has 1 saturated heterocycles. The Morgan fingerprint density at radius 1 is 1.44 bits per heavy atom. The number of β-amino-alcohol motifs (C(OH)–C–C–N with tert-alkyl or cyclic N) is 1. The number of aliphatic hydroxyl groups is 2. The molecule has 7 heteroatoms. The second-order valence-corrected chi connectivity index (χ2v) is 5.03. The van der Waals surface area contributed by atoms with Gasteiger partial charge in [-0.15, -0.1) is 0 Å². The summed E-state index contributed by atoms with van der Waals surface area (Å²) >= 11 is 0. The van der Waals surface area contributed by atoms with Crippen molar-refractivity contribution < 1.29 is 24.9 Å². The molecule has 0 spiro atoms. The fourth-order valence-electron chi connectivity index (χ4n) is 2.01. The number of urea groups is 1. The van der Waals surface area contributed by atoms with Crippen LogP contribution in [0.15, 0.2) is 0 Å². The number of rotatable bonds is 3. The quantitative estimate of drug-likeness (QED) is 0.540. The van der Waals surface area contributed by atoms with Crippen molar-refractivity contribution in [1.82, 2.24) is 10.2 Å². The standard InChI is InChI=1S/C11H20N2O5/c1-7(14)8(9(15)16)12-10(17)13-5-3-4-11(2,18)6-13/h7-8,14,18H,3-6H2,1-2H3,(H,12,17)(H,15,16)/t7-,8+,11?/m1/s1. The fraction of sp³-hybridized carbons (Fsp3) is 0.818. The van der Waals surface area contributed by atoms with Gasteiger partial charge in [0.1, 0.15) is 0 Å². The predicted octanol–water partition coefficient (Wildman–Crippen LogP) is -0.623. The third kappa shape index (κ3) is 3.85. The predicted molar refractivity (Wildman–Crippen MR) is 63.1 cm³/mol. The lowest BCUT2D eigenvalue weighted by Gasteiger charge is -2.37. The van der Waals surface area contributed by atoms with E-state index in [0.717, 1.165) is 0 Å². The summed E-state index contributed by atoms with van der Waals surface area (Å²) in [5, 5.41) is 30.2. The van der Waals surface area contributed by atoms with Crippen molar-refractivity contribution in [3.8, 4) is 0 Å². The topological polar surface area (TPSA) is 110 Å². The third-order valence-corrected chi connectivity index (χ3v) is 2.99. The molecule has 1 aliphatic rings. The number of hydrogen-bond acceptors (Lipinski definition) is 4. The van der Waals surface area contributed by atoms with Gasteiger partial charge in [0.15, 0.2) is 6.04 Å². The number of nitrogens with zero attached hydrogens (tertiary/aromatic N) is 1. The van der Waals surface area contributed by atoms with Crippen LogP contribution in [0.5, 0.6) is 0 Å². The van der Waals surface area contributed by atoms with Crippen LogP contribution in [0.4, 0.5) is 4.79 Å². The second kappa shape index (κ2) is 5.53. The van der Waals surface area contributed by atoms with Gasteiger partial charge in [0.2, 0.25) is 0 Å². The molecular weight excluding hydrogens is 240 g/mol. The van der Waals surface area contributed by atoms with E-state index in [4.69, 9.17) is 5.11 Å². The number of carbonyl (C=O) groups is 2. The molecule has 1 rings (SSSR count). The van der Waals surface area contributed by atoms with E-state index < -0.39 is 29.7 Å². The maximum absolute atomic E-state index is 11.8. The number of amides is 2. The smallest absolute Gasteiger partial charge is 0.328 e. The molecule has 0 aliphatic carbocycles. The molecule has 0 aromatic carbocycles. The lowest BCUT2D eigenvalue weighted by atomic mass is 9.95. The van der Waals surface area contributed by atoms with Gasteiger partial charge < -0.3 is 25.5 Å². The molecule has 0 aromatic heterocycles. The van der Waals surface area contributed by atoms with Crippen LogP contribution in [0, 0.1) is 0 Å². The van der Waals surface area contributed by atoms with Crippen LogP contribution in [-0.2, 0) is 4.79 Å². The highest BCUT2D eigenvalue weighted by molar-refractivity contribution is 5.83. The largest absolute Gasteiger partial charge is 0.480 e. The van der Waals surface area contributed by atoms with Crippen molar-refractivity contribution >= 4 is 12.0 Å². The van der Waals surface area contributed by atoms with Crippen molar-refractivity contribution in [2.45, 2.75) is 44.4 Å². The molecule has 104 valence electrons. The maximum Gasteiger partial charge on any atom is 0.328 e. The van der Waals surface area contributed by atoms with Crippen molar-refractivity contribution in [3.05, 3.63) is 0 Å². The van der Waals surface area contributed by atoms with E-state index in [1.54, 1.807) is 6.92 Å². The zero-order valence-corrected chi connectivity index (χ0v) is 10.6. The fourth-order valence-corrected chi connectivity index (χ4v) is 2.01. The van der Waals surface area contributed by atoms with Crippen LogP contribution < -0.4 is 5.32 Å². The summed E-state index contributed by atoms with van der Waals surface area (Å²) in [4.78, 5) is 24.0. The molecule has 0 bridgehead atoms. The first-order chi connectivity index (χ1) is 8.23. The van der Waals surface area contributed by atoms with E-state index in [9.17, 15) is 19.8 Å².